The van der Waals surface area contributed by atoms with Crippen LogP contribution in [0.1, 0.15) is 5.82 Å². The van der Waals surface area contributed by atoms with Crippen LogP contribution in [0.2, 0.25) is 0 Å². The largest absolute Gasteiger partial charge is 0.497 e. The first-order chi connectivity index (χ1) is 11.3. The molecule has 0 amide bonds. The molecule has 0 aliphatic heterocycles. The fourth-order valence-corrected chi connectivity index (χ4v) is 2.51. The van der Waals surface area contributed by atoms with Crippen LogP contribution in [0.5, 0.6) is 11.5 Å². The highest BCUT2D eigenvalue weighted by Crippen LogP contribution is 2.21. The van der Waals surface area contributed by atoms with E-state index >= 15 is 0 Å². The molecule has 0 bridgehead atoms. The highest BCUT2D eigenvalue weighted by molar-refractivity contribution is 5.75. The molecule has 0 aliphatic carbocycles. The number of para-hydroxylation sites is 2. The Hall–Kier alpha value is -2.53. The van der Waals surface area contributed by atoms with Crippen molar-refractivity contribution < 1.29 is 14.2 Å². The lowest BCUT2D eigenvalue weighted by Gasteiger charge is -2.10. The minimum absolute atomic E-state index is 0.394. The maximum atomic E-state index is 5.88. The van der Waals surface area contributed by atoms with Crippen molar-refractivity contribution in [3.63, 3.8) is 0 Å². The number of rotatable bonds is 7. The molecule has 0 N–H and O–H groups in total. The van der Waals surface area contributed by atoms with Crippen molar-refractivity contribution in [3.05, 3.63) is 54.4 Å². The van der Waals surface area contributed by atoms with Gasteiger partial charge in [0.05, 0.1) is 24.8 Å². The summed E-state index contributed by atoms with van der Waals surface area (Å²) in [5.41, 5.74) is 2.06. The molecular formula is C18H20N2O3. The fraction of sp³-hybridized carbons (Fsp3) is 0.278. The maximum Gasteiger partial charge on any atom is 0.148 e. The van der Waals surface area contributed by atoms with Crippen LogP contribution in [0, 0.1) is 0 Å². The molecule has 0 atom stereocenters. The summed E-state index contributed by atoms with van der Waals surface area (Å²) in [5.74, 6) is 2.41. The van der Waals surface area contributed by atoms with Crippen LogP contribution in [0.15, 0.2) is 48.5 Å². The topological polar surface area (TPSA) is 45.5 Å². The molecular weight excluding hydrogens is 292 g/mol. The van der Waals surface area contributed by atoms with Gasteiger partial charge in [0, 0.05) is 19.7 Å². The predicted molar refractivity (Wildman–Crippen MR) is 88.9 cm³/mol. The van der Waals surface area contributed by atoms with E-state index in [2.05, 4.69) is 15.6 Å². The van der Waals surface area contributed by atoms with E-state index in [9.17, 15) is 0 Å². The number of imidazole rings is 1. The molecule has 1 aromatic heterocycles. The minimum Gasteiger partial charge on any atom is -0.497 e. The summed E-state index contributed by atoms with van der Waals surface area (Å²) in [7, 11) is 3.34. The summed E-state index contributed by atoms with van der Waals surface area (Å²) in [5, 5.41) is 0. The summed E-state index contributed by atoms with van der Waals surface area (Å²) in [6.07, 6.45) is 0. The molecule has 1 heterocycles. The zero-order chi connectivity index (χ0) is 16.1. The Balaban J connectivity index is 1.83. The molecule has 0 saturated carbocycles. The third kappa shape index (κ3) is 3.46. The second-order valence-electron chi connectivity index (χ2n) is 5.13. The SMILES string of the molecule is COCCn1c(COc2cccc(OC)c2)nc2ccccc21. The third-order valence-corrected chi connectivity index (χ3v) is 3.66. The van der Waals surface area contributed by atoms with Crippen LogP contribution in [-0.2, 0) is 17.9 Å². The van der Waals surface area contributed by atoms with Crippen molar-refractivity contribution >= 4 is 11.0 Å². The van der Waals surface area contributed by atoms with E-state index < -0.39 is 0 Å². The quantitative estimate of drug-likeness (QED) is 0.672. The van der Waals surface area contributed by atoms with Crippen LogP contribution >= 0.6 is 0 Å². The number of hydrogen-bond donors (Lipinski definition) is 0. The second kappa shape index (κ2) is 7.15. The van der Waals surface area contributed by atoms with Gasteiger partial charge in [-0.15, -0.1) is 0 Å². The Morgan fingerprint density at radius 3 is 2.65 bits per heavy atom. The Morgan fingerprint density at radius 1 is 1.00 bits per heavy atom. The number of benzene rings is 2. The summed E-state index contributed by atoms with van der Waals surface area (Å²) in [4.78, 5) is 4.67. The molecule has 0 radical (unpaired) electrons. The second-order valence-corrected chi connectivity index (χ2v) is 5.13. The Bertz CT molecular complexity index is 783. The monoisotopic (exact) mass is 312 g/mol. The van der Waals surface area contributed by atoms with Crippen LogP contribution in [0.25, 0.3) is 11.0 Å². The molecule has 5 nitrogen and oxygen atoms in total. The lowest BCUT2D eigenvalue weighted by atomic mass is 10.3. The standard InChI is InChI=1S/C18H20N2O3/c1-21-11-10-20-17-9-4-3-8-16(17)19-18(20)13-23-15-7-5-6-14(12-15)22-2/h3-9,12H,10-11,13H2,1-2H3. The van der Waals surface area contributed by atoms with Crippen molar-refractivity contribution in [2.75, 3.05) is 20.8 Å². The highest BCUT2D eigenvalue weighted by Gasteiger charge is 2.11. The van der Waals surface area contributed by atoms with Crippen molar-refractivity contribution in [2.45, 2.75) is 13.2 Å². The van der Waals surface area contributed by atoms with E-state index in [-0.39, 0.29) is 0 Å². The number of hydrogen-bond acceptors (Lipinski definition) is 4. The Morgan fingerprint density at radius 2 is 1.83 bits per heavy atom. The van der Waals surface area contributed by atoms with E-state index in [1.807, 2.05) is 42.5 Å². The van der Waals surface area contributed by atoms with Gasteiger partial charge in [0.1, 0.15) is 23.9 Å². The van der Waals surface area contributed by atoms with E-state index in [0.717, 1.165) is 34.9 Å². The number of methoxy groups -OCH3 is 2. The van der Waals surface area contributed by atoms with Gasteiger partial charge < -0.3 is 18.8 Å². The molecule has 0 fully saturated rings. The van der Waals surface area contributed by atoms with Gasteiger partial charge in [-0.05, 0) is 24.3 Å². The maximum absolute atomic E-state index is 5.88. The lowest BCUT2D eigenvalue weighted by Crippen LogP contribution is -2.10. The summed E-state index contributed by atoms with van der Waals surface area (Å²) < 4.78 is 18.4. The molecule has 0 unspecified atom stereocenters. The normalized spacial score (nSPS) is 10.9. The van der Waals surface area contributed by atoms with Crippen molar-refractivity contribution in [3.8, 4) is 11.5 Å². The van der Waals surface area contributed by atoms with Gasteiger partial charge in [0.25, 0.3) is 0 Å². The smallest absolute Gasteiger partial charge is 0.148 e. The van der Waals surface area contributed by atoms with E-state index in [1.165, 1.54) is 0 Å². The van der Waals surface area contributed by atoms with Crippen molar-refractivity contribution in [1.82, 2.24) is 9.55 Å². The molecule has 0 saturated heterocycles. The molecule has 3 aromatic rings. The Labute approximate surface area is 135 Å². The fourth-order valence-electron chi connectivity index (χ4n) is 2.51. The summed E-state index contributed by atoms with van der Waals surface area (Å²) >= 11 is 0. The van der Waals surface area contributed by atoms with Crippen molar-refractivity contribution in [2.24, 2.45) is 0 Å². The third-order valence-electron chi connectivity index (χ3n) is 3.66. The summed E-state index contributed by atoms with van der Waals surface area (Å²) in [6.45, 7) is 1.77. The number of fused-ring (bicyclic) bond motifs is 1. The summed E-state index contributed by atoms with van der Waals surface area (Å²) in [6, 6.07) is 15.6. The molecule has 3 rings (SSSR count). The first kappa shape index (κ1) is 15.4. The molecule has 120 valence electrons. The van der Waals surface area contributed by atoms with Gasteiger partial charge in [0.15, 0.2) is 0 Å². The van der Waals surface area contributed by atoms with E-state index in [4.69, 9.17) is 14.2 Å². The van der Waals surface area contributed by atoms with Gasteiger partial charge in [-0.1, -0.05) is 18.2 Å². The molecule has 2 aromatic carbocycles. The number of ether oxygens (including phenoxy) is 3. The van der Waals surface area contributed by atoms with Gasteiger partial charge >= 0.3 is 0 Å². The molecule has 0 aliphatic rings. The van der Waals surface area contributed by atoms with Crippen LogP contribution < -0.4 is 9.47 Å². The van der Waals surface area contributed by atoms with Gasteiger partial charge in [-0.2, -0.15) is 0 Å². The molecule has 23 heavy (non-hydrogen) atoms. The Kier molecular flexibility index (Phi) is 4.78. The number of nitrogens with zero attached hydrogens (tertiary/aromatic N) is 2. The first-order valence-electron chi connectivity index (χ1n) is 7.52. The molecule has 5 heteroatoms. The minimum atomic E-state index is 0.394. The van der Waals surface area contributed by atoms with E-state index in [0.29, 0.717) is 13.2 Å². The zero-order valence-electron chi connectivity index (χ0n) is 13.4. The average molecular weight is 312 g/mol. The van der Waals surface area contributed by atoms with Crippen LogP contribution in [0.4, 0.5) is 0 Å². The van der Waals surface area contributed by atoms with Gasteiger partial charge in [-0.25, -0.2) is 4.98 Å². The van der Waals surface area contributed by atoms with Crippen LogP contribution in [-0.4, -0.2) is 30.4 Å². The average Bonchev–Trinajstić information content (AvgIpc) is 2.96. The molecule has 0 spiro atoms. The van der Waals surface area contributed by atoms with Crippen LogP contribution in [0.3, 0.4) is 0 Å². The predicted octanol–water partition coefficient (Wildman–Crippen LogP) is 3.27. The number of aromatic nitrogens is 2. The first-order valence-corrected chi connectivity index (χ1v) is 7.52. The zero-order valence-corrected chi connectivity index (χ0v) is 13.4. The van der Waals surface area contributed by atoms with E-state index in [1.54, 1.807) is 14.2 Å². The van der Waals surface area contributed by atoms with Gasteiger partial charge in [-0.3, -0.25) is 0 Å². The highest BCUT2D eigenvalue weighted by atomic mass is 16.5. The van der Waals surface area contributed by atoms with Crippen molar-refractivity contribution in [1.29, 1.82) is 0 Å². The van der Waals surface area contributed by atoms with Gasteiger partial charge in [0.2, 0.25) is 0 Å². The lowest BCUT2D eigenvalue weighted by molar-refractivity contribution is 0.185.